The average molecular weight is 257 g/mol. The molecule has 0 heterocycles. The van der Waals surface area contributed by atoms with Gasteiger partial charge in [-0.3, -0.25) is 9.59 Å². The molecule has 2 amide bonds. The van der Waals surface area contributed by atoms with Crippen molar-refractivity contribution in [2.75, 3.05) is 19.6 Å². The smallest absolute Gasteiger partial charge is 0.239 e. The number of nitrogens with one attached hydrogen (secondary N) is 1. The summed E-state index contributed by atoms with van der Waals surface area (Å²) in [7, 11) is 0. The summed E-state index contributed by atoms with van der Waals surface area (Å²) < 4.78 is 0. The highest BCUT2D eigenvalue weighted by molar-refractivity contribution is 5.84. The number of likely N-dealkylation sites (N-methyl/N-ethyl adjacent to an activating group) is 1. The van der Waals surface area contributed by atoms with Crippen molar-refractivity contribution in [3.8, 4) is 0 Å². The van der Waals surface area contributed by atoms with Crippen LogP contribution in [0.3, 0.4) is 0 Å². The minimum atomic E-state index is -0.105. The fraction of sp³-hybridized carbons (Fsp3) is 0.846. The maximum atomic E-state index is 11.9. The van der Waals surface area contributed by atoms with Crippen LogP contribution in [0.2, 0.25) is 0 Å². The summed E-state index contributed by atoms with van der Waals surface area (Å²) in [4.78, 5) is 25.1. The number of carbonyl (C=O) groups is 2. The highest BCUT2D eigenvalue weighted by Gasteiger charge is 2.16. The molecule has 0 saturated heterocycles. The molecule has 0 aromatic carbocycles. The molecule has 0 aliphatic heterocycles. The van der Waals surface area contributed by atoms with E-state index >= 15 is 0 Å². The van der Waals surface area contributed by atoms with Crippen LogP contribution in [0.15, 0.2) is 0 Å². The summed E-state index contributed by atoms with van der Waals surface area (Å²) in [6.45, 7) is 9.00. The Bertz CT molecular complexity index is 267. The number of amides is 2. The molecule has 0 bridgehead atoms. The van der Waals surface area contributed by atoms with E-state index in [1.807, 2.05) is 27.7 Å². The van der Waals surface area contributed by atoms with Gasteiger partial charge in [0.1, 0.15) is 0 Å². The van der Waals surface area contributed by atoms with Crippen LogP contribution >= 0.6 is 0 Å². The van der Waals surface area contributed by atoms with Gasteiger partial charge in [0, 0.05) is 19.0 Å². The van der Waals surface area contributed by atoms with Crippen molar-refractivity contribution in [2.45, 2.75) is 46.6 Å². The first-order chi connectivity index (χ1) is 8.40. The number of nitrogens with two attached hydrogens (primary N) is 1. The molecule has 0 fully saturated rings. The summed E-state index contributed by atoms with van der Waals surface area (Å²) in [5.74, 6) is 0.265. The maximum absolute atomic E-state index is 11.9. The van der Waals surface area contributed by atoms with Crippen molar-refractivity contribution in [1.82, 2.24) is 10.2 Å². The Labute approximate surface area is 110 Å². The largest absolute Gasteiger partial charge is 0.352 e. The maximum Gasteiger partial charge on any atom is 0.239 e. The normalized spacial score (nSPS) is 12.3. The topological polar surface area (TPSA) is 75.4 Å². The van der Waals surface area contributed by atoms with E-state index < -0.39 is 0 Å². The number of rotatable bonds is 8. The third-order valence-corrected chi connectivity index (χ3v) is 2.77. The lowest BCUT2D eigenvalue weighted by Gasteiger charge is -2.21. The highest BCUT2D eigenvalue weighted by Crippen LogP contribution is 2.06. The zero-order valence-corrected chi connectivity index (χ0v) is 12.0. The van der Waals surface area contributed by atoms with E-state index in [0.29, 0.717) is 25.4 Å². The van der Waals surface area contributed by atoms with Crippen LogP contribution in [0.25, 0.3) is 0 Å². The van der Waals surface area contributed by atoms with Gasteiger partial charge in [0.25, 0.3) is 0 Å². The third-order valence-electron chi connectivity index (χ3n) is 2.77. The molecule has 3 N–H and O–H groups in total. The molecule has 1 unspecified atom stereocenters. The zero-order chi connectivity index (χ0) is 14.1. The molecule has 0 radical (unpaired) electrons. The first-order valence-electron chi connectivity index (χ1n) is 6.67. The lowest BCUT2D eigenvalue weighted by molar-refractivity contribution is -0.136. The molecule has 0 rings (SSSR count). The zero-order valence-electron chi connectivity index (χ0n) is 12.0. The van der Waals surface area contributed by atoms with Gasteiger partial charge in [-0.1, -0.05) is 6.92 Å². The molecule has 18 heavy (non-hydrogen) atoms. The number of nitrogens with zero attached hydrogens (tertiary/aromatic N) is 1. The molecule has 0 aromatic heterocycles. The quantitative estimate of drug-likeness (QED) is 0.673. The van der Waals surface area contributed by atoms with Gasteiger partial charge in [-0.05, 0) is 39.7 Å². The third kappa shape index (κ3) is 7.27. The Kier molecular flexibility index (Phi) is 8.37. The standard InChI is InChI=1S/C13H27N3O2/c1-5-16(9-12(17)15-10(2)3)13(18)7-6-11(4)8-14/h10-11H,5-9,14H2,1-4H3,(H,15,17). The van der Waals surface area contributed by atoms with E-state index in [1.54, 1.807) is 4.90 Å². The van der Waals surface area contributed by atoms with E-state index in [-0.39, 0.29) is 24.4 Å². The van der Waals surface area contributed by atoms with Crippen LogP contribution in [-0.4, -0.2) is 42.4 Å². The fourth-order valence-corrected chi connectivity index (χ4v) is 1.56. The fourth-order valence-electron chi connectivity index (χ4n) is 1.56. The van der Waals surface area contributed by atoms with Crippen LogP contribution < -0.4 is 11.1 Å². The minimum Gasteiger partial charge on any atom is -0.352 e. The number of hydrogen-bond acceptors (Lipinski definition) is 3. The Morgan fingerprint density at radius 3 is 2.33 bits per heavy atom. The second-order valence-electron chi connectivity index (χ2n) is 5.01. The van der Waals surface area contributed by atoms with E-state index in [1.165, 1.54) is 0 Å². The van der Waals surface area contributed by atoms with Gasteiger partial charge in [0.15, 0.2) is 0 Å². The van der Waals surface area contributed by atoms with E-state index in [2.05, 4.69) is 5.32 Å². The van der Waals surface area contributed by atoms with E-state index in [9.17, 15) is 9.59 Å². The van der Waals surface area contributed by atoms with Gasteiger partial charge in [0.2, 0.25) is 11.8 Å². The number of hydrogen-bond donors (Lipinski definition) is 2. The SMILES string of the molecule is CCN(CC(=O)NC(C)C)C(=O)CCC(C)CN. The summed E-state index contributed by atoms with van der Waals surface area (Å²) >= 11 is 0. The van der Waals surface area contributed by atoms with Gasteiger partial charge < -0.3 is 16.0 Å². The molecule has 5 heteroatoms. The molecular formula is C13H27N3O2. The minimum absolute atomic E-state index is 0.0247. The highest BCUT2D eigenvalue weighted by atomic mass is 16.2. The average Bonchev–Trinajstić information content (AvgIpc) is 2.31. The van der Waals surface area contributed by atoms with Crippen molar-refractivity contribution < 1.29 is 9.59 Å². The van der Waals surface area contributed by atoms with Crippen LogP contribution in [0.1, 0.15) is 40.5 Å². The second-order valence-corrected chi connectivity index (χ2v) is 5.01. The predicted molar refractivity (Wildman–Crippen MR) is 73.0 cm³/mol. The monoisotopic (exact) mass is 257 g/mol. The molecule has 0 aliphatic rings. The molecule has 1 atom stereocenters. The Morgan fingerprint density at radius 1 is 1.28 bits per heavy atom. The summed E-state index contributed by atoms with van der Waals surface area (Å²) in [5, 5.41) is 2.79. The molecule has 5 nitrogen and oxygen atoms in total. The predicted octanol–water partition coefficient (Wildman–Crippen LogP) is 0.735. The van der Waals surface area contributed by atoms with E-state index in [4.69, 9.17) is 5.73 Å². The van der Waals surface area contributed by atoms with Crippen LogP contribution in [0.4, 0.5) is 0 Å². The Balaban J connectivity index is 4.15. The van der Waals surface area contributed by atoms with Gasteiger partial charge >= 0.3 is 0 Å². The Hall–Kier alpha value is -1.10. The first kappa shape index (κ1) is 16.9. The van der Waals surface area contributed by atoms with Crippen LogP contribution in [-0.2, 0) is 9.59 Å². The summed E-state index contributed by atoms with van der Waals surface area (Å²) in [6, 6.07) is 0.101. The van der Waals surface area contributed by atoms with Crippen molar-refractivity contribution in [3.63, 3.8) is 0 Å². The van der Waals surface area contributed by atoms with E-state index in [0.717, 1.165) is 6.42 Å². The van der Waals surface area contributed by atoms with Crippen molar-refractivity contribution in [3.05, 3.63) is 0 Å². The van der Waals surface area contributed by atoms with Gasteiger partial charge in [-0.15, -0.1) is 0 Å². The van der Waals surface area contributed by atoms with Crippen molar-refractivity contribution in [1.29, 1.82) is 0 Å². The van der Waals surface area contributed by atoms with Gasteiger partial charge in [0.05, 0.1) is 6.54 Å². The molecule has 0 aliphatic carbocycles. The molecule has 0 aromatic rings. The molecular weight excluding hydrogens is 230 g/mol. The lowest BCUT2D eigenvalue weighted by Crippen LogP contribution is -2.42. The molecule has 0 saturated carbocycles. The van der Waals surface area contributed by atoms with Gasteiger partial charge in [-0.25, -0.2) is 0 Å². The molecule has 0 spiro atoms. The van der Waals surface area contributed by atoms with Crippen molar-refractivity contribution in [2.24, 2.45) is 11.7 Å². The van der Waals surface area contributed by atoms with Crippen molar-refractivity contribution >= 4 is 11.8 Å². The first-order valence-corrected chi connectivity index (χ1v) is 6.67. The van der Waals surface area contributed by atoms with Gasteiger partial charge in [-0.2, -0.15) is 0 Å². The molecule has 106 valence electrons. The van der Waals surface area contributed by atoms with Crippen LogP contribution in [0.5, 0.6) is 0 Å². The second kappa shape index (κ2) is 8.91. The Morgan fingerprint density at radius 2 is 1.89 bits per heavy atom. The number of carbonyl (C=O) groups excluding carboxylic acids is 2. The summed E-state index contributed by atoms with van der Waals surface area (Å²) in [5.41, 5.74) is 5.51. The lowest BCUT2D eigenvalue weighted by atomic mass is 10.1. The summed E-state index contributed by atoms with van der Waals surface area (Å²) in [6.07, 6.45) is 1.23. The van der Waals surface area contributed by atoms with Crippen LogP contribution in [0, 0.1) is 5.92 Å².